The number of hydrogen-bond acceptors (Lipinski definition) is 7. The average molecular weight is 466 g/mol. The standard InChI is InChI=1S/C24H23N3O5S/c1-3-17(20-14-13-15(2)32-20)25-21-22(24(29)23(21)28)26-18-11-7-8-12-19(18)27-33(30,31)16-9-5-4-6-10-16/h4-14,17,25-27H,3H2,1-2H3/t17-/m1/s1. The van der Waals surface area contributed by atoms with Crippen LogP contribution in [-0.4, -0.2) is 8.42 Å². The number of rotatable bonds is 9. The van der Waals surface area contributed by atoms with Crippen LogP contribution in [0.1, 0.15) is 30.9 Å². The summed E-state index contributed by atoms with van der Waals surface area (Å²) in [5.41, 5.74) is -0.511. The molecule has 0 saturated heterocycles. The third-order valence-corrected chi connectivity index (χ3v) is 6.61. The Balaban J connectivity index is 1.61. The second-order valence-electron chi connectivity index (χ2n) is 7.55. The molecule has 3 N–H and O–H groups in total. The minimum atomic E-state index is -3.84. The highest BCUT2D eigenvalue weighted by Crippen LogP contribution is 2.31. The van der Waals surface area contributed by atoms with Gasteiger partial charge in [0, 0.05) is 0 Å². The Morgan fingerprint density at radius 1 is 0.848 bits per heavy atom. The lowest BCUT2D eigenvalue weighted by Crippen LogP contribution is -2.37. The van der Waals surface area contributed by atoms with Crippen molar-refractivity contribution in [3.63, 3.8) is 0 Å². The van der Waals surface area contributed by atoms with Crippen LogP contribution in [0.15, 0.2) is 85.6 Å². The molecule has 1 heterocycles. The van der Waals surface area contributed by atoms with Crippen LogP contribution in [-0.2, 0) is 10.0 Å². The van der Waals surface area contributed by atoms with Gasteiger partial charge in [-0.1, -0.05) is 37.3 Å². The van der Waals surface area contributed by atoms with Crippen molar-refractivity contribution in [3.8, 4) is 0 Å². The van der Waals surface area contributed by atoms with Crippen LogP contribution in [0.3, 0.4) is 0 Å². The Hall–Kier alpha value is -3.85. The number of hydrogen-bond donors (Lipinski definition) is 3. The highest BCUT2D eigenvalue weighted by atomic mass is 32.2. The Morgan fingerprint density at radius 2 is 1.48 bits per heavy atom. The van der Waals surface area contributed by atoms with Crippen molar-refractivity contribution in [2.75, 3.05) is 15.4 Å². The van der Waals surface area contributed by atoms with Gasteiger partial charge in [0.2, 0.25) is 0 Å². The minimum absolute atomic E-state index is 0.0769. The van der Waals surface area contributed by atoms with E-state index in [-0.39, 0.29) is 28.0 Å². The molecule has 0 radical (unpaired) electrons. The number of sulfonamides is 1. The first kappa shape index (κ1) is 22.3. The molecule has 3 aromatic carbocycles. The van der Waals surface area contributed by atoms with Crippen molar-refractivity contribution in [1.29, 1.82) is 0 Å². The molecular formula is C24H23N3O5S. The fourth-order valence-electron chi connectivity index (χ4n) is 3.46. The zero-order chi connectivity index (χ0) is 23.6. The largest absolute Gasteiger partial charge is 0.464 e. The first-order chi connectivity index (χ1) is 15.8. The van der Waals surface area contributed by atoms with Gasteiger partial charge in [-0.05, 0) is 49.7 Å². The highest BCUT2D eigenvalue weighted by Gasteiger charge is 2.26. The van der Waals surface area contributed by atoms with E-state index >= 15 is 0 Å². The normalized spacial score (nSPS) is 12.4. The van der Waals surface area contributed by atoms with Crippen molar-refractivity contribution in [2.45, 2.75) is 31.2 Å². The maximum Gasteiger partial charge on any atom is 0.261 e. The van der Waals surface area contributed by atoms with E-state index in [1.807, 2.05) is 26.0 Å². The summed E-state index contributed by atoms with van der Waals surface area (Å²) in [6, 6.07) is 17.9. The van der Waals surface area contributed by atoms with Crippen molar-refractivity contribution in [2.24, 2.45) is 0 Å². The molecule has 4 aromatic rings. The molecule has 0 aliphatic rings. The third kappa shape index (κ3) is 4.54. The number of anilines is 4. The Morgan fingerprint density at radius 3 is 2.12 bits per heavy atom. The van der Waals surface area contributed by atoms with E-state index in [9.17, 15) is 18.0 Å². The lowest BCUT2D eigenvalue weighted by molar-refractivity contribution is 0.452. The molecule has 0 spiro atoms. The van der Waals surface area contributed by atoms with Gasteiger partial charge in [-0.25, -0.2) is 8.42 Å². The molecular weight excluding hydrogens is 442 g/mol. The Labute approximate surface area is 191 Å². The topological polar surface area (TPSA) is 118 Å². The van der Waals surface area contributed by atoms with Crippen molar-refractivity contribution in [3.05, 3.63) is 98.7 Å². The first-order valence-corrected chi connectivity index (χ1v) is 11.9. The van der Waals surface area contributed by atoms with E-state index in [0.29, 0.717) is 17.9 Å². The van der Waals surface area contributed by atoms with Crippen molar-refractivity contribution >= 4 is 32.8 Å². The molecule has 4 rings (SSSR count). The molecule has 0 bridgehead atoms. The van der Waals surface area contributed by atoms with Crippen LogP contribution >= 0.6 is 0 Å². The van der Waals surface area contributed by atoms with Crippen LogP contribution in [0.25, 0.3) is 0 Å². The quantitative estimate of drug-likeness (QED) is 0.316. The van der Waals surface area contributed by atoms with Gasteiger partial charge in [-0.3, -0.25) is 14.3 Å². The molecule has 0 aliphatic heterocycles. The van der Waals surface area contributed by atoms with Gasteiger partial charge in [0.25, 0.3) is 20.9 Å². The van der Waals surface area contributed by atoms with Crippen LogP contribution in [0, 0.1) is 6.92 Å². The molecule has 9 heteroatoms. The van der Waals surface area contributed by atoms with Crippen LogP contribution < -0.4 is 26.2 Å². The lowest BCUT2D eigenvalue weighted by Gasteiger charge is -2.21. The molecule has 0 amide bonds. The smallest absolute Gasteiger partial charge is 0.261 e. The molecule has 0 saturated carbocycles. The predicted octanol–water partition coefficient (Wildman–Crippen LogP) is 4.29. The van der Waals surface area contributed by atoms with Crippen LogP contribution in [0.2, 0.25) is 0 Å². The summed E-state index contributed by atoms with van der Waals surface area (Å²) in [6.07, 6.45) is 0.624. The molecule has 8 nitrogen and oxygen atoms in total. The summed E-state index contributed by atoms with van der Waals surface area (Å²) in [5, 5.41) is 6.02. The summed E-state index contributed by atoms with van der Waals surface area (Å²) in [6.45, 7) is 3.76. The number of para-hydroxylation sites is 2. The van der Waals surface area contributed by atoms with E-state index in [0.717, 1.165) is 5.76 Å². The summed E-state index contributed by atoms with van der Waals surface area (Å²) >= 11 is 0. The molecule has 1 atom stereocenters. The van der Waals surface area contributed by atoms with Gasteiger partial charge in [0.1, 0.15) is 22.9 Å². The monoisotopic (exact) mass is 465 g/mol. The zero-order valence-corrected chi connectivity index (χ0v) is 18.9. The molecule has 0 aliphatic carbocycles. The molecule has 170 valence electrons. The van der Waals surface area contributed by atoms with Gasteiger partial charge in [-0.15, -0.1) is 0 Å². The van der Waals surface area contributed by atoms with E-state index in [2.05, 4.69) is 15.4 Å². The predicted molar refractivity (Wildman–Crippen MR) is 128 cm³/mol. The highest BCUT2D eigenvalue weighted by molar-refractivity contribution is 7.92. The minimum Gasteiger partial charge on any atom is -0.464 e. The van der Waals surface area contributed by atoms with Gasteiger partial charge in [0.05, 0.1) is 22.3 Å². The van der Waals surface area contributed by atoms with Crippen molar-refractivity contribution < 1.29 is 12.8 Å². The summed E-state index contributed by atoms with van der Waals surface area (Å²) in [7, 11) is -3.84. The molecule has 33 heavy (non-hydrogen) atoms. The number of benzene rings is 2. The average Bonchev–Trinajstić information content (AvgIpc) is 3.25. The van der Waals surface area contributed by atoms with E-state index in [1.54, 1.807) is 42.5 Å². The van der Waals surface area contributed by atoms with E-state index < -0.39 is 20.9 Å². The fourth-order valence-corrected chi connectivity index (χ4v) is 4.56. The second-order valence-corrected chi connectivity index (χ2v) is 9.23. The Bertz CT molecular complexity index is 1450. The maximum atomic E-state index is 12.8. The van der Waals surface area contributed by atoms with E-state index in [1.165, 1.54) is 12.1 Å². The van der Waals surface area contributed by atoms with Gasteiger partial charge >= 0.3 is 0 Å². The van der Waals surface area contributed by atoms with Crippen molar-refractivity contribution in [1.82, 2.24) is 0 Å². The summed E-state index contributed by atoms with van der Waals surface area (Å²) in [4.78, 5) is 24.7. The fraction of sp³-hybridized carbons (Fsp3) is 0.167. The second kappa shape index (κ2) is 8.95. The molecule has 0 fully saturated rings. The zero-order valence-electron chi connectivity index (χ0n) is 18.1. The molecule has 0 unspecified atom stereocenters. The SMILES string of the molecule is CC[C@@H](Nc1c(Nc2ccccc2NS(=O)(=O)c2ccccc2)c(=O)c1=O)c1ccc(C)o1. The number of nitrogens with one attached hydrogen (secondary N) is 3. The van der Waals surface area contributed by atoms with Gasteiger partial charge in [0.15, 0.2) is 0 Å². The van der Waals surface area contributed by atoms with E-state index in [4.69, 9.17) is 4.42 Å². The van der Waals surface area contributed by atoms with Crippen LogP contribution in [0.4, 0.5) is 22.7 Å². The third-order valence-electron chi connectivity index (χ3n) is 5.23. The summed E-state index contributed by atoms with van der Waals surface area (Å²) in [5.74, 6) is 1.40. The Kier molecular flexibility index (Phi) is 6.06. The van der Waals surface area contributed by atoms with Crippen LogP contribution in [0.5, 0.6) is 0 Å². The summed E-state index contributed by atoms with van der Waals surface area (Å²) < 4.78 is 33.7. The maximum absolute atomic E-state index is 12.8. The molecule has 1 aromatic heterocycles. The lowest BCUT2D eigenvalue weighted by atomic mass is 10.1. The van der Waals surface area contributed by atoms with Gasteiger partial charge < -0.3 is 15.1 Å². The number of furan rings is 1. The van der Waals surface area contributed by atoms with Gasteiger partial charge in [-0.2, -0.15) is 0 Å². The first-order valence-electron chi connectivity index (χ1n) is 10.4. The number of aryl methyl sites for hydroxylation is 1.